The van der Waals surface area contributed by atoms with Crippen LogP contribution in [0.2, 0.25) is 0 Å². The number of nitrogens with one attached hydrogen (secondary N) is 2. The van der Waals surface area contributed by atoms with Crippen LogP contribution in [-0.2, 0) is 11.3 Å². The van der Waals surface area contributed by atoms with E-state index in [1.165, 1.54) is 24.9 Å². The van der Waals surface area contributed by atoms with E-state index in [-0.39, 0.29) is 5.91 Å². The predicted octanol–water partition coefficient (Wildman–Crippen LogP) is 2.34. The zero-order chi connectivity index (χ0) is 19.1. The maximum absolute atomic E-state index is 12.4. The molecule has 1 atom stereocenters. The molecule has 0 aliphatic carbocycles. The molecule has 2 aromatic rings. The molecular weight excluding hydrogens is 338 g/mol. The number of rotatable bonds is 7. The molecule has 0 radical (unpaired) electrons. The summed E-state index contributed by atoms with van der Waals surface area (Å²) >= 11 is 0. The number of piperidine rings is 1. The quantitative estimate of drug-likeness (QED) is 0.789. The van der Waals surface area contributed by atoms with Crippen LogP contribution in [0.1, 0.15) is 24.8 Å². The van der Waals surface area contributed by atoms with Crippen LogP contribution in [0.5, 0.6) is 5.75 Å². The molecule has 0 aromatic heterocycles. The number of quaternary nitrogens is 1. The smallest absolute Gasteiger partial charge is 0.279 e. The van der Waals surface area contributed by atoms with Gasteiger partial charge in [-0.1, -0.05) is 12.1 Å². The SMILES string of the molecule is COc1cccc(C[NH+](C)CC(=O)Nc2ccc(N3CCCCC3)cc2)c1. The average Bonchev–Trinajstić information content (AvgIpc) is 2.69. The summed E-state index contributed by atoms with van der Waals surface area (Å²) in [6.45, 7) is 3.46. The molecule has 0 spiro atoms. The lowest BCUT2D eigenvalue weighted by Gasteiger charge is -2.28. The van der Waals surface area contributed by atoms with Gasteiger partial charge in [0.25, 0.3) is 5.91 Å². The fraction of sp³-hybridized carbons (Fsp3) is 0.409. The highest BCUT2D eigenvalue weighted by Crippen LogP contribution is 2.21. The number of ether oxygens (including phenoxy) is 1. The maximum atomic E-state index is 12.4. The minimum absolute atomic E-state index is 0.0288. The van der Waals surface area contributed by atoms with Gasteiger partial charge in [0.1, 0.15) is 12.3 Å². The Morgan fingerprint density at radius 1 is 1.11 bits per heavy atom. The fourth-order valence-corrected chi connectivity index (χ4v) is 3.58. The summed E-state index contributed by atoms with van der Waals surface area (Å²) in [6, 6.07) is 16.2. The van der Waals surface area contributed by atoms with Crippen LogP contribution in [0.3, 0.4) is 0 Å². The number of carbonyl (C=O) groups is 1. The molecule has 1 unspecified atom stereocenters. The first-order valence-corrected chi connectivity index (χ1v) is 9.73. The van der Waals surface area contributed by atoms with Crippen LogP contribution in [0, 0.1) is 0 Å². The molecule has 144 valence electrons. The molecule has 0 bridgehead atoms. The Balaban J connectivity index is 1.49. The summed E-state index contributed by atoms with van der Waals surface area (Å²) in [5.74, 6) is 0.875. The van der Waals surface area contributed by atoms with Gasteiger partial charge in [0.15, 0.2) is 6.54 Å². The van der Waals surface area contributed by atoms with Crippen LogP contribution in [0.25, 0.3) is 0 Å². The van der Waals surface area contributed by atoms with Gasteiger partial charge in [0, 0.05) is 30.0 Å². The Labute approximate surface area is 161 Å². The zero-order valence-electron chi connectivity index (χ0n) is 16.3. The molecule has 1 amide bonds. The number of methoxy groups -OCH3 is 1. The molecular formula is C22H30N3O2+. The zero-order valence-corrected chi connectivity index (χ0v) is 16.3. The van der Waals surface area contributed by atoms with E-state index < -0.39 is 0 Å². The van der Waals surface area contributed by atoms with E-state index in [2.05, 4.69) is 28.4 Å². The molecule has 1 saturated heterocycles. The lowest BCUT2D eigenvalue weighted by atomic mass is 10.1. The molecule has 0 saturated carbocycles. The second-order valence-corrected chi connectivity index (χ2v) is 7.30. The number of carbonyl (C=O) groups excluding carboxylic acids is 1. The number of amides is 1. The van der Waals surface area contributed by atoms with E-state index in [0.717, 1.165) is 41.5 Å². The normalized spacial score (nSPS) is 15.3. The molecule has 3 rings (SSSR count). The van der Waals surface area contributed by atoms with Crippen LogP contribution in [0.4, 0.5) is 11.4 Å². The van der Waals surface area contributed by atoms with Crippen molar-refractivity contribution in [3.05, 3.63) is 54.1 Å². The van der Waals surface area contributed by atoms with Crippen molar-refractivity contribution < 1.29 is 14.4 Å². The summed E-state index contributed by atoms with van der Waals surface area (Å²) in [7, 11) is 3.69. The second kappa shape index (κ2) is 9.42. The Hall–Kier alpha value is -2.53. The first-order valence-electron chi connectivity index (χ1n) is 9.73. The monoisotopic (exact) mass is 368 g/mol. The lowest BCUT2D eigenvalue weighted by Crippen LogP contribution is -3.08. The molecule has 1 aliphatic rings. The summed E-state index contributed by atoms with van der Waals surface area (Å²) in [6.07, 6.45) is 3.86. The van der Waals surface area contributed by atoms with Gasteiger partial charge < -0.3 is 19.9 Å². The van der Waals surface area contributed by atoms with E-state index >= 15 is 0 Å². The third kappa shape index (κ3) is 5.73. The van der Waals surface area contributed by atoms with Crippen molar-refractivity contribution in [3.8, 4) is 5.75 Å². The molecule has 1 heterocycles. The van der Waals surface area contributed by atoms with Crippen molar-refractivity contribution in [2.75, 3.05) is 44.0 Å². The average molecular weight is 369 g/mol. The third-order valence-corrected chi connectivity index (χ3v) is 4.97. The third-order valence-electron chi connectivity index (χ3n) is 4.97. The van der Waals surface area contributed by atoms with E-state index in [4.69, 9.17) is 4.74 Å². The number of anilines is 2. The van der Waals surface area contributed by atoms with Gasteiger partial charge in [0.2, 0.25) is 0 Å². The van der Waals surface area contributed by atoms with Crippen molar-refractivity contribution in [1.82, 2.24) is 0 Å². The molecule has 1 fully saturated rings. The topological polar surface area (TPSA) is 46.0 Å². The van der Waals surface area contributed by atoms with Crippen LogP contribution < -0.4 is 19.9 Å². The standard InChI is InChI=1S/C22H29N3O2/c1-24(16-18-7-6-8-21(15-18)27-2)17-22(26)23-19-9-11-20(12-10-19)25-13-4-3-5-14-25/h6-12,15H,3-5,13-14,16-17H2,1-2H3,(H,23,26)/p+1. The molecule has 27 heavy (non-hydrogen) atoms. The largest absolute Gasteiger partial charge is 0.497 e. The van der Waals surface area contributed by atoms with Crippen LogP contribution in [-0.4, -0.2) is 39.7 Å². The van der Waals surface area contributed by atoms with E-state index in [1.54, 1.807) is 7.11 Å². The van der Waals surface area contributed by atoms with Crippen molar-refractivity contribution in [2.45, 2.75) is 25.8 Å². The van der Waals surface area contributed by atoms with Crippen LogP contribution in [0.15, 0.2) is 48.5 Å². The molecule has 5 nitrogen and oxygen atoms in total. The Morgan fingerprint density at radius 2 is 1.85 bits per heavy atom. The predicted molar refractivity (Wildman–Crippen MR) is 110 cm³/mol. The highest BCUT2D eigenvalue weighted by molar-refractivity contribution is 5.91. The number of nitrogens with zero attached hydrogens (tertiary/aromatic N) is 1. The Morgan fingerprint density at radius 3 is 2.56 bits per heavy atom. The van der Waals surface area contributed by atoms with Gasteiger partial charge in [-0.25, -0.2) is 0 Å². The first-order chi connectivity index (χ1) is 13.1. The van der Waals surface area contributed by atoms with Gasteiger partial charge >= 0.3 is 0 Å². The van der Waals surface area contributed by atoms with Crippen molar-refractivity contribution in [3.63, 3.8) is 0 Å². The molecule has 5 heteroatoms. The summed E-state index contributed by atoms with van der Waals surface area (Å²) < 4.78 is 5.26. The van der Waals surface area contributed by atoms with E-state index in [0.29, 0.717) is 6.54 Å². The lowest BCUT2D eigenvalue weighted by molar-refractivity contribution is -0.885. The summed E-state index contributed by atoms with van der Waals surface area (Å²) in [5.41, 5.74) is 3.26. The van der Waals surface area contributed by atoms with Gasteiger partial charge in [-0.2, -0.15) is 0 Å². The first kappa shape index (κ1) is 19.2. The van der Waals surface area contributed by atoms with Crippen molar-refractivity contribution >= 4 is 17.3 Å². The van der Waals surface area contributed by atoms with Crippen molar-refractivity contribution in [2.24, 2.45) is 0 Å². The Bertz CT molecular complexity index is 739. The highest BCUT2D eigenvalue weighted by atomic mass is 16.5. The fourth-order valence-electron chi connectivity index (χ4n) is 3.58. The number of hydrogen-bond donors (Lipinski definition) is 2. The summed E-state index contributed by atoms with van der Waals surface area (Å²) in [5, 5.41) is 3.01. The van der Waals surface area contributed by atoms with Crippen LogP contribution >= 0.6 is 0 Å². The number of hydrogen-bond acceptors (Lipinski definition) is 3. The van der Waals surface area contributed by atoms with Gasteiger partial charge in [-0.05, 0) is 55.7 Å². The highest BCUT2D eigenvalue weighted by Gasteiger charge is 2.13. The number of benzene rings is 2. The van der Waals surface area contributed by atoms with Crippen molar-refractivity contribution in [1.29, 1.82) is 0 Å². The van der Waals surface area contributed by atoms with Gasteiger partial charge in [-0.3, -0.25) is 4.79 Å². The minimum Gasteiger partial charge on any atom is -0.497 e. The number of likely N-dealkylation sites (N-methyl/N-ethyl adjacent to an activating group) is 1. The second-order valence-electron chi connectivity index (χ2n) is 7.30. The van der Waals surface area contributed by atoms with Gasteiger partial charge in [-0.15, -0.1) is 0 Å². The molecule has 1 aliphatic heterocycles. The van der Waals surface area contributed by atoms with E-state index in [1.807, 2.05) is 37.4 Å². The Kier molecular flexibility index (Phi) is 6.71. The maximum Gasteiger partial charge on any atom is 0.279 e. The molecule has 2 aromatic carbocycles. The molecule has 2 N–H and O–H groups in total. The minimum atomic E-state index is 0.0288. The van der Waals surface area contributed by atoms with E-state index in [9.17, 15) is 4.79 Å². The van der Waals surface area contributed by atoms with Gasteiger partial charge in [0.05, 0.1) is 14.2 Å². The summed E-state index contributed by atoms with van der Waals surface area (Å²) in [4.78, 5) is 15.9.